The zero-order valence-corrected chi connectivity index (χ0v) is 19.4. The summed E-state index contributed by atoms with van der Waals surface area (Å²) in [6.07, 6.45) is 5.19. The van der Waals surface area contributed by atoms with Crippen molar-refractivity contribution >= 4 is 5.91 Å². The third-order valence-electron chi connectivity index (χ3n) is 8.40. The first-order valence-electron chi connectivity index (χ1n) is 12.0. The molecule has 1 amide bonds. The van der Waals surface area contributed by atoms with E-state index in [1.54, 1.807) is 12.5 Å². The molecule has 1 aromatic carbocycles. The minimum absolute atomic E-state index is 0.191. The normalized spacial score (nSPS) is 28.1. The number of hydrogen-bond acceptors (Lipinski definition) is 4. The van der Waals surface area contributed by atoms with Crippen LogP contribution in [-0.2, 0) is 17.9 Å². The number of allylic oxidation sites excluding steroid dienone is 1. The first-order valence-corrected chi connectivity index (χ1v) is 12.0. The Morgan fingerprint density at radius 1 is 1.10 bits per heavy atom. The second-order valence-corrected chi connectivity index (χ2v) is 10.6. The molecule has 0 radical (unpaired) electrons. The van der Waals surface area contributed by atoms with E-state index in [1.807, 2.05) is 4.90 Å². The molecule has 3 aliphatic carbocycles. The standard InChI is InChI=1S/C26H37N3O2/c1-19(30)29-10-8-27(9-11-29)16-20-4-7-25-22(14-20)18-28(12-13-31-25)17-21-5-6-23-15-24(21)26(23,2)3/h4-5,7,14,23-24H,6,8-13,15-18H2,1-3H3/t23-,24-/m0/s1. The average molecular weight is 424 g/mol. The monoisotopic (exact) mass is 423 g/mol. The highest BCUT2D eigenvalue weighted by molar-refractivity contribution is 5.73. The van der Waals surface area contributed by atoms with Crippen molar-refractivity contribution in [1.82, 2.24) is 14.7 Å². The lowest BCUT2D eigenvalue weighted by Crippen LogP contribution is -2.49. The zero-order valence-electron chi connectivity index (χ0n) is 19.4. The highest BCUT2D eigenvalue weighted by Gasteiger charge is 2.51. The molecule has 0 unspecified atom stereocenters. The molecule has 0 aromatic heterocycles. The van der Waals surface area contributed by atoms with Crippen LogP contribution in [0.5, 0.6) is 5.75 Å². The smallest absolute Gasteiger partial charge is 0.219 e. The Hall–Kier alpha value is -1.85. The molecule has 5 heteroatoms. The highest BCUT2D eigenvalue weighted by atomic mass is 16.5. The first-order chi connectivity index (χ1) is 14.9. The second-order valence-electron chi connectivity index (χ2n) is 10.6. The predicted molar refractivity (Wildman–Crippen MR) is 123 cm³/mol. The number of amides is 1. The molecule has 5 aliphatic rings. The Morgan fingerprint density at radius 2 is 1.90 bits per heavy atom. The molecule has 0 N–H and O–H groups in total. The average Bonchev–Trinajstić information content (AvgIpc) is 2.95. The summed E-state index contributed by atoms with van der Waals surface area (Å²) in [5.74, 6) is 2.91. The Balaban J connectivity index is 1.23. The molecule has 6 rings (SSSR count). The molecule has 1 saturated carbocycles. The predicted octanol–water partition coefficient (Wildman–Crippen LogP) is 3.54. The summed E-state index contributed by atoms with van der Waals surface area (Å²) < 4.78 is 6.11. The molecule has 2 fully saturated rings. The van der Waals surface area contributed by atoms with Crippen LogP contribution in [0.2, 0.25) is 0 Å². The van der Waals surface area contributed by atoms with Crippen LogP contribution in [-0.4, -0.2) is 66.5 Å². The number of fused-ring (bicyclic) bond motifs is 2. The molecule has 5 nitrogen and oxygen atoms in total. The maximum Gasteiger partial charge on any atom is 0.219 e. The van der Waals surface area contributed by atoms with Crippen molar-refractivity contribution in [2.75, 3.05) is 45.9 Å². The third-order valence-corrected chi connectivity index (χ3v) is 8.40. The van der Waals surface area contributed by atoms with E-state index < -0.39 is 0 Å². The number of carbonyl (C=O) groups excluding carboxylic acids is 1. The fourth-order valence-electron chi connectivity index (χ4n) is 6.13. The zero-order chi connectivity index (χ0) is 21.6. The van der Waals surface area contributed by atoms with Gasteiger partial charge in [0.1, 0.15) is 12.4 Å². The molecule has 31 heavy (non-hydrogen) atoms. The number of carbonyl (C=O) groups is 1. The Morgan fingerprint density at radius 3 is 2.61 bits per heavy atom. The lowest BCUT2D eigenvalue weighted by atomic mass is 9.49. The number of hydrogen-bond donors (Lipinski definition) is 0. The molecule has 1 saturated heterocycles. The van der Waals surface area contributed by atoms with Gasteiger partial charge in [0.05, 0.1) is 0 Å². The van der Waals surface area contributed by atoms with Gasteiger partial charge in [0, 0.05) is 64.8 Å². The molecule has 1 aromatic rings. The molecule has 0 spiro atoms. The van der Waals surface area contributed by atoms with E-state index in [1.165, 1.54) is 24.0 Å². The summed E-state index contributed by atoms with van der Waals surface area (Å²) in [5, 5.41) is 0. The lowest BCUT2D eigenvalue weighted by molar-refractivity contribution is -0.130. The number of benzene rings is 1. The number of ether oxygens (including phenoxy) is 1. The largest absolute Gasteiger partial charge is 0.492 e. The Bertz CT molecular complexity index is 869. The lowest BCUT2D eigenvalue weighted by Gasteiger charge is -2.57. The summed E-state index contributed by atoms with van der Waals surface area (Å²) >= 11 is 0. The van der Waals surface area contributed by atoms with E-state index in [0.29, 0.717) is 5.41 Å². The number of rotatable bonds is 4. The van der Waals surface area contributed by atoms with Gasteiger partial charge in [-0.15, -0.1) is 0 Å². The van der Waals surface area contributed by atoms with Crippen LogP contribution in [0.1, 0.15) is 44.7 Å². The summed E-state index contributed by atoms with van der Waals surface area (Å²) in [6, 6.07) is 6.73. The van der Waals surface area contributed by atoms with Gasteiger partial charge in [-0.2, -0.15) is 0 Å². The van der Waals surface area contributed by atoms with Gasteiger partial charge in [-0.3, -0.25) is 14.6 Å². The maximum atomic E-state index is 11.6. The summed E-state index contributed by atoms with van der Waals surface area (Å²) in [7, 11) is 0. The van der Waals surface area contributed by atoms with Crippen molar-refractivity contribution in [1.29, 1.82) is 0 Å². The molecule has 2 aliphatic heterocycles. The number of piperazine rings is 1. The van der Waals surface area contributed by atoms with Gasteiger partial charge in [-0.05, 0) is 47.8 Å². The minimum atomic E-state index is 0.191. The van der Waals surface area contributed by atoms with Crippen molar-refractivity contribution in [3.63, 3.8) is 0 Å². The molecule has 168 valence electrons. The maximum absolute atomic E-state index is 11.6. The van der Waals surface area contributed by atoms with Gasteiger partial charge in [0.15, 0.2) is 0 Å². The van der Waals surface area contributed by atoms with Crippen LogP contribution in [0, 0.1) is 17.3 Å². The van der Waals surface area contributed by atoms with Gasteiger partial charge in [-0.1, -0.05) is 31.6 Å². The van der Waals surface area contributed by atoms with Gasteiger partial charge < -0.3 is 9.64 Å². The van der Waals surface area contributed by atoms with Crippen molar-refractivity contribution in [3.8, 4) is 5.75 Å². The Labute approximate surface area is 187 Å². The van der Waals surface area contributed by atoms with Crippen molar-refractivity contribution in [3.05, 3.63) is 41.0 Å². The molecule has 2 heterocycles. The SMILES string of the molecule is CC(=O)N1CCN(Cc2ccc3c(c2)CN(CC2=CC[C@H]4C[C@@H]2C4(C)C)CCO3)CC1. The van der Waals surface area contributed by atoms with Crippen LogP contribution in [0.4, 0.5) is 0 Å². The summed E-state index contributed by atoms with van der Waals surface area (Å²) in [5.41, 5.74) is 4.82. The van der Waals surface area contributed by atoms with E-state index in [4.69, 9.17) is 4.74 Å². The Kier molecular flexibility index (Phi) is 5.59. The number of nitrogens with zero attached hydrogens (tertiary/aromatic N) is 3. The van der Waals surface area contributed by atoms with Crippen LogP contribution < -0.4 is 4.74 Å². The van der Waals surface area contributed by atoms with Crippen LogP contribution in [0.25, 0.3) is 0 Å². The van der Waals surface area contributed by atoms with Crippen LogP contribution in [0.15, 0.2) is 29.8 Å². The van der Waals surface area contributed by atoms with E-state index in [2.05, 4.69) is 47.9 Å². The second kappa shape index (κ2) is 8.25. The van der Waals surface area contributed by atoms with Gasteiger partial charge >= 0.3 is 0 Å². The molecule has 2 atom stereocenters. The quantitative estimate of drug-likeness (QED) is 0.694. The van der Waals surface area contributed by atoms with Crippen molar-refractivity contribution < 1.29 is 9.53 Å². The summed E-state index contributed by atoms with van der Waals surface area (Å²) in [4.78, 5) is 18.6. The van der Waals surface area contributed by atoms with E-state index in [9.17, 15) is 4.79 Å². The van der Waals surface area contributed by atoms with Gasteiger partial charge in [-0.25, -0.2) is 0 Å². The topological polar surface area (TPSA) is 36.0 Å². The van der Waals surface area contributed by atoms with E-state index in [-0.39, 0.29) is 5.91 Å². The van der Waals surface area contributed by atoms with E-state index in [0.717, 1.165) is 76.6 Å². The minimum Gasteiger partial charge on any atom is -0.492 e. The molecular formula is C26H37N3O2. The van der Waals surface area contributed by atoms with Crippen molar-refractivity contribution in [2.45, 2.75) is 46.7 Å². The highest BCUT2D eigenvalue weighted by Crippen LogP contribution is 2.59. The van der Waals surface area contributed by atoms with Crippen molar-refractivity contribution in [2.24, 2.45) is 17.3 Å². The van der Waals surface area contributed by atoms with Gasteiger partial charge in [0.2, 0.25) is 5.91 Å². The fourth-order valence-corrected chi connectivity index (χ4v) is 6.13. The van der Waals surface area contributed by atoms with Crippen LogP contribution >= 0.6 is 0 Å². The van der Waals surface area contributed by atoms with Crippen LogP contribution in [0.3, 0.4) is 0 Å². The summed E-state index contributed by atoms with van der Waals surface area (Å²) in [6.45, 7) is 14.9. The fraction of sp³-hybridized carbons (Fsp3) is 0.654. The molecule has 2 bridgehead atoms. The third kappa shape index (κ3) is 4.14. The first kappa shape index (κ1) is 21.0. The van der Waals surface area contributed by atoms with E-state index >= 15 is 0 Å². The van der Waals surface area contributed by atoms with Gasteiger partial charge in [0.25, 0.3) is 0 Å². The molecular weight excluding hydrogens is 386 g/mol.